The molecular formula is C14H11N3O2S2. The molecule has 0 saturated carbocycles. The highest BCUT2D eigenvalue weighted by atomic mass is 32.1. The maximum absolute atomic E-state index is 10.6. The fraction of sp³-hybridized carbons (Fsp3) is 0.143. The van der Waals surface area contributed by atoms with Gasteiger partial charge >= 0.3 is 0 Å². The van der Waals surface area contributed by atoms with Gasteiger partial charge in [-0.25, -0.2) is 9.97 Å². The molecule has 3 aromatic rings. The second kappa shape index (κ2) is 5.71. The lowest BCUT2D eigenvalue weighted by Gasteiger charge is -1.96. The normalized spacial score (nSPS) is 10.7. The molecular weight excluding hydrogens is 306 g/mol. The molecule has 1 aromatic carbocycles. The zero-order valence-electron chi connectivity index (χ0n) is 11.1. The summed E-state index contributed by atoms with van der Waals surface area (Å²) in [6.45, 7) is 1.98. The quantitative estimate of drug-likeness (QED) is 0.537. The van der Waals surface area contributed by atoms with Crippen molar-refractivity contribution in [1.29, 1.82) is 0 Å². The number of hydrogen-bond acceptors (Lipinski definition) is 6. The number of thiazole rings is 2. The molecule has 0 unspecified atom stereocenters. The smallest absolute Gasteiger partial charge is 0.258 e. The largest absolute Gasteiger partial charge is 0.269 e. The Labute approximate surface area is 129 Å². The topological polar surface area (TPSA) is 68.9 Å². The van der Waals surface area contributed by atoms with E-state index in [1.807, 2.05) is 17.7 Å². The Bertz CT molecular complexity index is 778. The number of non-ortho nitro benzene ring substituents is 1. The van der Waals surface area contributed by atoms with Gasteiger partial charge in [0.15, 0.2) is 0 Å². The summed E-state index contributed by atoms with van der Waals surface area (Å²) in [5, 5.41) is 16.7. The van der Waals surface area contributed by atoms with E-state index in [0.29, 0.717) is 0 Å². The number of nitro benzene ring substituents is 1. The van der Waals surface area contributed by atoms with Gasteiger partial charge in [0.2, 0.25) is 0 Å². The van der Waals surface area contributed by atoms with E-state index in [-0.39, 0.29) is 5.69 Å². The third kappa shape index (κ3) is 3.14. The van der Waals surface area contributed by atoms with E-state index in [0.717, 1.165) is 33.4 Å². The number of aryl methyl sites for hydroxylation is 1. The minimum absolute atomic E-state index is 0.0900. The SMILES string of the molecule is Cc1nc(Cc2nc(-c3ccc([N+](=O)[O-])cc3)cs2)cs1. The van der Waals surface area contributed by atoms with Crippen molar-refractivity contribution in [1.82, 2.24) is 9.97 Å². The van der Waals surface area contributed by atoms with Crippen LogP contribution in [0, 0.1) is 17.0 Å². The van der Waals surface area contributed by atoms with E-state index >= 15 is 0 Å². The first-order chi connectivity index (χ1) is 10.1. The van der Waals surface area contributed by atoms with Gasteiger partial charge in [-0.2, -0.15) is 0 Å². The van der Waals surface area contributed by atoms with E-state index < -0.39 is 4.92 Å². The van der Waals surface area contributed by atoms with Crippen LogP contribution in [0.2, 0.25) is 0 Å². The average molecular weight is 317 g/mol. The third-order valence-electron chi connectivity index (χ3n) is 2.92. The van der Waals surface area contributed by atoms with Crippen LogP contribution in [0.4, 0.5) is 5.69 Å². The summed E-state index contributed by atoms with van der Waals surface area (Å²) in [6, 6.07) is 6.45. The van der Waals surface area contributed by atoms with Crippen LogP contribution in [0.1, 0.15) is 15.7 Å². The molecule has 7 heteroatoms. The monoisotopic (exact) mass is 317 g/mol. The zero-order chi connectivity index (χ0) is 14.8. The Balaban J connectivity index is 1.79. The molecule has 5 nitrogen and oxygen atoms in total. The standard InChI is InChI=1S/C14H11N3O2S2/c1-9-15-11(7-20-9)6-14-16-13(8-21-14)10-2-4-12(5-3-10)17(18)19/h2-5,7-8H,6H2,1H3. The van der Waals surface area contributed by atoms with E-state index in [4.69, 9.17) is 0 Å². The van der Waals surface area contributed by atoms with Gasteiger partial charge in [-0.15, -0.1) is 22.7 Å². The summed E-state index contributed by atoms with van der Waals surface area (Å²) in [7, 11) is 0. The lowest BCUT2D eigenvalue weighted by Crippen LogP contribution is -1.89. The zero-order valence-corrected chi connectivity index (χ0v) is 12.8. The van der Waals surface area contributed by atoms with Crippen molar-refractivity contribution in [3.8, 4) is 11.3 Å². The molecule has 0 radical (unpaired) electrons. The van der Waals surface area contributed by atoms with Crippen LogP contribution in [-0.2, 0) is 6.42 Å². The fourth-order valence-corrected chi connectivity index (χ4v) is 3.35. The number of benzene rings is 1. The minimum Gasteiger partial charge on any atom is -0.258 e. The average Bonchev–Trinajstić information content (AvgIpc) is 3.09. The number of aromatic nitrogens is 2. The molecule has 0 saturated heterocycles. The number of nitro groups is 1. The number of nitrogens with zero attached hydrogens (tertiary/aromatic N) is 3. The minimum atomic E-state index is -0.402. The van der Waals surface area contributed by atoms with Crippen LogP contribution >= 0.6 is 22.7 Å². The fourth-order valence-electron chi connectivity index (χ4n) is 1.92. The Hall–Kier alpha value is -2.12. The lowest BCUT2D eigenvalue weighted by molar-refractivity contribution is -0.384. The predicted octanol–water partition coefficient (Wildman–Crippen LogP) is 4.07. The summed E-state index contributed by atoms with van der Waals surface area (Å²) in [6.07, 6.45) is 0.724. The van der Waals surface area contributed by atoms with E-state index in [9.17, 15) is 10.1 Å². The van der Waals surface area contributed by atoms with Gasteiger partial charge in [0.1, 0.15) is 0 Å². The Kier molecular flexibility index (Phi) is 3.76. The summed E-state index contributed by atoms with van der Waals surface area (Å²) in [4.78, 5) is 19.2. The van der Waals surface area contributed by atoms with Gasteiger partial charge in [0, 0.05) is 34.9 Å². The van der Waals surface area contributed by atoms with Crippen molar-refractivity contribution < 1.29 is 4.92 Å². The molecule has 3 rings (SSSR count). The van der Waals surface area contributed by atoms with Gasteiger partial charge in [-0.3, -0.25) is 10.1 Å². The molecule has 0 N–H and O–H groups in total. The first-order valence-electron chi connectivity index (χ1n) is 6.22. The lowest BCUT2D eigenvalue weighted by atomic mass is 10.1. The van der Waals surface area contributed by atoms with Gasteiger partial charge < -0.3 is 0 Å². The molecule has 0 aliphatic carbocycles. The van der Waals surface area contributed by atoms with Gasteiger partial charge in [-0.05, 0) is 19.1 Å². The van der Waals surface area contributed by atoms with Crippen LogP contribution in [0.15, 0.2) is 35.0 Å². The van der Waals surface area contributed by atoms with Crippen molar-refractivity contribution in [2.75, 3.05) is 0 Å². The van der Waals surface area contributed by atoms with Gasteiger partial charge in [0.25, 0.3) is 5.69 Å². The molecule has 0 aliphatic rings. The highest BCUT2D eigenvalue weighted by Gasteiger charge is 2.09. The molecule has 2 heterocycles. The van der Waals surface area contributed by atoms with Crippen LogP contribution in [0.5, 0.6) is 0 Å². The van der Waals surface area contributed by atoms with Gasteiger partial charge in [0.05, 0.1) is 26.3 Å². The highest BCUT2D eigenvalue weighted by molar-refractivity contribution is 7.10. The molecule has 0 aliphatic heterocycles. The molecule has 106 valence electrons. The van der Waals surface area contributed by atoms with E-state index in [1.165, 1.54) is 12.1 Å². The van der Waals surface area contributed by atoms with Gasteiger partial charge in [-0.1, -0.05) is 0 Å². The van der Waals surface area contributed by atoms with Crippen molar-refractivity contribution >= 4 is 28.4 Å². The molecule has 2 aromatic heterocycles. The first-order valence-corrected chi connectivity index (χ1v) is 7.98. The van der Waals surface area contributed by atoms with Crippen molar-refractivity contribution in [2.45, 2.75) is 13.3 Å². The first kappa shape index (κ1) is 13.8. The third-order valence-corrected chi connectivity index (χ3v) is 4.60. The summed E-state index contributed by atoms with van der Waals surface area (Å²) < 4.78 is 0. The number of rotatable bonds is 4. The van der Waals surface area contributed by atoms with Crippen LogP contribution in [0.3, 0.4) is 0 Å². The van der Waals surface area contributed by atoms with Crippen LogP contribution in [-0.4, -0.2) is 14.9 Å². The van der Waals surface area contributed by atoms with Crippen molar-refractivity contribution in [3.63, 3.8) is 0 Å². The van der Waals surface area contributed by atoms with E-state index in [2.05, 4.69) is 9.97 Å². The Morgan fingerprint density at radius 1 is 1.14 bits per heavy atom. The highest BCUT2D eigenvalue weighted by Crippen LogP contribution is 2.25. The second-order valence-corrected chi connectivity index (χ2v) is 6.47. The molecule has 0 amide bonds. The van der Waals surface area contributed by atoms with Crippen molar-refractivity contribution in [2.24, 2.45) is 0 Å². The van der Waals surface area contributed by atoms with Crippen molar-refractivity contribution in [3.05, 3.63) is 60.8 Å². The summed E-state index contributed by atoms with van der Waals surface area (Å²) in [5.41, 5.74) is 2.85. The predicted molar refractivity (Wildman–Crippen MR) is 83.9 cm³/mol. The van der Waals surface area contributed by atoms with Crippen LogP contribution < -0.4 is 0 Å². The maximum atomic E-state index is 10.6. The summed E-state index contributed by atoms with van der Waals surface area (Å²) >= 11 is 3.21. The maximum Gasteiger partial charge on any atom is 0.269 e. The Morgan fingerprint density at radius 3 is 2.52 bits per heavy atom. The summed E-state index contributed by atoms with van der Waals surface area (Å²) in [5.74, 6) is 0. The molecule has 0 spiro atoms. The number of hydrogen-bond donors (Lipinski definition) is 0. The second-order valence-electron chi connectivity index (χ2n) is 4.47. The molecule has 0 bridgehead atoms. The van der Waals surface area contributed by atoms with Crippen LogP contribution in [0.25, 0.3) is 11.3 Å². The molecule has 21 heavy (non-hydrogen) atoms. The molecule has 0 atom stereocenters. The molecule has 0 fully saturated rings. The Morgan fingerprint density at radius 2 is 1.90 bits per heavy atom. The van der Waals surface area contributed by atoms with E-state index in [1.54, 1.807) is 34.8 Å².